The number of nitrogens with zero attached hydrogens (tertiary/aromatic N) is 1. The van der Waals surface area contributed by atoms with Gasteiger partial charge in [0.1, 0.15) is 0 Å². The van der Waals surface area contributed by atoms with Crippen molar-refractivity contribution in [2.75, 3.05) is 5.73 Å². The predicted octanol–water partition coefficient (Wildman–Crippen LogP) is 1.36. The molecule has 1 aromatic heterocycles. The Kier molecular flexibility index (Phi) is 1.89. The third-order valence-electron chi connectivity index (χ3n) is 2.00. The van der Waals surface area contributed by atoms with Crippen molar-refractivity contribution in [1.29, 1.82) is 0 Å². The number of nitrogen functional groups attached to an aromatic ring is 1. The molecule has 0 saturated carbocycles. The van der Waals surface area contributed by atoms with Crippen molar-refractivity contribution in [3.8, 4) is 0 Å². The van der Waals surface area contributed by atoms with Gasteiger partial charge in [0.25, 0.3) is 0 Å². The smallest absolute Gasteiger partial charge is 0.408 e. The Morgan fingerprint density at radius 2 is 2.36 bits per heavy atom. The number of fused-ring (bicyclic) bond motifs is 1. The lowest BCUT2D eigenvalue weighted by Crippen LogP contribution is -2.12. The number of hydrogen-bond donors (Lipinski definition) is 1. The van der Waals surface area contributed by atoms with Crippen LogP contribution in [0.4, 0.5) is 5.69 Å². The van der Waals surface area contributed by atoms with Crippen LogP contribution in [-0.4, -0.2) is 4.57 Å². The van der Waals surface area contributed by atoms with E-state index in [1.54, 1.807) is 24.3 Å². The van der Waals surface area contributed by atoms with Gasteiger partial charge in [0.15, 0.2) is 5.58 Å². The fourth-order valence-electron chi connectivity index (χ4n) is 1.38. The number of anilines is 1. The Morgan fingerprint density at radius 1 is 1.57 bits per heavy atom. The van der Waals surface area contributed by atoms with Crippen molar-refractivity contribution < 1.29 is 4.42 Å². The molecular weight excluding hydrogens is 180 g/mol. The number of hydrogen-bond acceptors (Lipinski definition) is 3. The quantitative estimate of drug-likeness (QED) is 0.574. The zero-order valence-electron chi connectivity index (χ0n) is 7.56. The van der Waals surface area contributed by atoms with Crippen molar-refractivity contribution in [2.24, 2.45) is 0 Å². The Labute approximate surface area is 80.2 Å². The minimum absolute atomic E-state index is 0.384. The largest absolute Gasteiger partial charge is 0.420 e. The third kappa shape index (κ3) is 1.21. The van der Waals surface area contributed by atoms with Crippen LogP contribution in [-0.2, 0) is 6.54 Å². The van der Waals surface area contributed by atoms with E-state index in [2.05, 4.69) is 6.58 Å². The first-order valence-corrected chi connectivity index (χ1v) is 4.22. The van der Waals surface area contributed by atoms with E-state index in [-0.39, 0.29) is 5.76 Å². The molecule has 0 atom stereocenters. The van der Waals surface area contributed by atoms with E-state index in [4.69, 9.17) is 10.2 Å². The van der Waals surface area contributed by atoms with Crippen molar-refractivity contribution in [1.82, 2.24) is 4.57 Å². The summed E-state index contributed by atoms with van der Waals surface area (Å²) in [5.41, 5.74) is 7.40. The molecule has 0 aliphatic heterocycles. The number of benzene rings is 1. The monoisotopic (exact) mass is 190 g/mol. The van der Waals surface area contributed by atoms with Crippen LogP contribution < -0.4 is 11.5 Å². The summed E-state index contributed by atoms with van der Waals surface area (Å²) in [4.78, 5) is 11.3. The van der Waals surface area contributed by atoms with Gasteiger partial charge in [0.05, 0.1) is 5.52 Å². The summed E-state index contributed by atoms with van der Waals surface area (Å²) in [6.45, 7) is 4.02. The third-order valence-corrected chi connectivity index (χ3v) is 2.00. The van der Waals surface area contributed by atoms with Crippen LogP contribution in [0.1, 0.15) is 0 Å². The number of allylic oxidation sites excluding steroid dienone is 1. The molecule has 2 rings (SSSR count). The zero-order valence-corrected chi connectivity index (χ0v) is 7.56. The van der Waals surface area contributed by atoms with E-state index in [9.17, 15) is 4.79 Å². The van der Waals surface area contributed by atoms with Gasteiger partial charge in [-0.2, -0.15) is 0 Å². The lowest BCUT2D eigenvalue weighted by Gasteiger charge is -1.96. The Bertz CT molecular complexity index is 537. The van der Waals surface area contributed by atoms with E-state index in [0.717, 1.165) is 5.52 Å². The SMILES string of the molecule is C=CCn1c(=O)oc2cc(N)ccc21. The maximum Gasteiger partial charge on any atom is 0.420 e. The molecule has 0 saturated heterocycles. The van der Waals surface area contributed by atoms with Gasteiger partial charge in [0.2, 0.25) is 0 Å². The molecular formula is C10H10N2O2. The Balaban J connectivity index is 2.76. The minimum Gasteiger partial charge on any atom is -0.408 e. The second-order valence-electron chi connectivity index (χ2n) is 2.99. The molecule has 0 amide bonds. The first-order chi connectivity index (χ1) is 6.72. The Hall–Kier alpha value is -1.97. The summed E-state index contributed by atoms with van der Waals surface area (Å²) in [5.74, 6) is -0.384. The van der Waals surface area contributed by atoms with E-state index in [0.29, 0.717) is 17.8 Å². The molecule has 1 aromatic carbocycles. The fourth-order valence-corrected chi connectivity index (χ4v) is 1.38. The van der Waals surface area contributed by atoms with Crippen LogP contribution in [0, 0.1) is 0 Å². The standard InChI is InChI=1S/C10H10N2O2/c1-2-5-12-8-4-3-7(11)6-9(8)14-10(12)13/h2-4,6H,1,5,11H2. The summed E-state index contributed by atoms with van der Waals surface area (Å²) in [6, 6.07) is 5.13. The highest BCUT2D eigenvalue weighted by Crippen LogP contribution is 2.15. The average molecular weight is 190 g/mol. The molecule has 0 aliphatic rings. The van der Waals surface area contributed by atoms with Crippen molar-refractivity contribution in [3.05, 3.63) is 41.4 Å². The molecule has 0 radical (unpaired) electrons. The molecule has 2 N–H and O–H groups in total. The summed E-state index contributed by atoms with van der Waals surface area (Å²) < 4.78 is 6.51. The average Bonchev–Trinajstić information content (AvgIpc) is 2.43. The summed E-state index contributed by atoms with van der Waals surface area (Å²) in [5, 5.41) is 0. The predicted molar refractivity (Wildman–Crippen MR) is 55.1 cm³/mol. The highest BCUT2D eigenvalue weighted by molar-refractivity contribution is 5.76. The summed E-state index contributed by atoms with van der Waals surface area (Å²) >= 11 is 0. The first kappa shape index (κ1) is 8.62. The molecule has 0 fully saturated rings. The lowest BCUT2D eigenvalue weighted by atomic mass is 10.3. The van der Waals surface area contributed by atoms with Gasteiger partial charge in [-0.3, -0.25) is 4.57 Å². The zero-order chi connectivity index (χ0) is 10.1. The second-order valence-corrected chi connectivity index (χ2v) is 2.99. The molecule has 0 unspecified atom stereocenters. The maximum absolute atomic E-state index is 11.3. The lowest BCUT2D eigenvalue weighted by molar-refractivity contribution is 0.520. The van der Waals surface area contributed by atoms with Crippen LogP contribution in [0.25, 0.3) is 11.1 Å². The Morgan fingerprint density at radius 3 is 3.07 bits per heavy atom. The topological polar surface area (TPSA) is 61.2 Å². The van der Waals surface area contributed by atoms with Crippen molar-refractivity contribution in [3.63, 3.8) is 0 Å². The van der Waals surface area contributed by atoms with E-state index < -0.39 is 0 Å². The van der Waals surface area contributed by atoms with Crippen LogP contribution >= 0.6 is 0 Å². The highest BCUT2D eigenvalue weighted by Gasteiger charge is 2.07. The number of oxazole rings is 1. The van der Waals surface area contributed by atoms with Crippen molar-refractivity contribution in [2.45, 2.75) is 6.54 Å². The molecule has 14 heavy (non-hydrogen) atoms. The number of nitrogens with two attached hydrogens (primary N) is 1. The minimum atomic E-state index is -0.384. The van der Waals surface area contributed by atoms with E-state index >= 15 is 0 Å². The summed E-state index contributed by atoms with van der Waals surface area (Å²) in [6.07, 6.45) is 1.65. The van der Waals surface area contributed by atoms with Crippen molar-refractivity contribution >= 4 is 16.8 Å². The van der Waals surface area contributed by atoms with E-state index in [1.807, 2.05) is 0 Å². The molecule has 2 aromatic rings. The fraction of sp³-hybridized carbons (Fsp3) is 0.100. The maximum atomic E-state index is 11.3. The molecule has 4 heteroatoms. The van der Waals surface area contributed by atoms with E-state index in [1.165, 1.54) is 4.57 Å². The van der Waals surface area contributed by atoms with Crippen LogP contribution in [0.2, 0.25) is 0 Å². The van der Waals surface area contributed by atoms with Crippen LogP contribution in [0.3, 0.4) is 0 Å². The molecule has 4 nitrogen and oxygen atoms in total. The summed E-state index contributed by atoms with van der Waals surface area (Å²) in [7, 11) is 0. The second kappa shape index (κ2) is 3.06. The van der Waals surface area contributed by atoms with Gasteiger partial charge in [0, 0.05) is 18.3 Å². The van der Waals surface area contributed by atoms with Gasteiger partial charge in [-0.15, -0.1) is 6.58 Å². The van der Waals surface area contributed by atoms with Gasteiger partial charge >= 0.3 is 5.76 Å². The normalized spacial score (nSPS) is 10.6. The first-order valence-electron chi connectivity index (χ1n) is 4.22. The molecule has 0 bridgehead atoms. The van der Waals surface area contributed by atoms with Gasteiger partial charge in [-0.25, -0.2) is 4.79 Å². The van der Waals surface area contributed by atoms with Gasteiger partial charge in [-0.05, 0) is 12.1 Å². The number of aromatic nitrogens is 1. The molecule has 1 heterocycles. The molecule has 0 aliphatic carbocycles. The van der Waals surface area contributed by atoms with Gasteiger partial charge in [-0.1, -0.05) is 6.08 Å². The van der Waals surface area contributed by atoms with Crippen LogP contribution in [0.5, 0.6) is 0 Å². The van der Waals surface area contributed by atoms with Crippen LogP contribution in [0.15, 0.2) is 40.1 Å². The molecule has 72 valence electrons. The molecule has 0 spiro atoms. The van der Waals surface area contributed by atoms with Gasteiger partial charge < -0.3 is 10.2 Å². The number of rotatable bonds is 2. The highest BCUT2D eigenvalue weighted by atomic mass is 16.4.